The van der Waals surface area contributed by atoms with E-state index < -0.39 is 5.60 Å². The monoisotopic (exact) mass is 187 g/mol. The van der Waals surface area contributed by atoms with Crippen LogP contribution in [0.3, 0.4) is 0 Å². The van der Waals surface area contributed by atoms with Crippen molar-refractivity contribution in [1.29, 1.82) is 0 Å². The summed E-state index contributed by atoms with van der Waals surface area (Å²) in [6.45, 7) is 7.91. The van der Waals surface area contributed by atoms with Crippen LogP contribution in [0.4, 0.5) is 4.79 Å². The summed E-state index contributed by atoms with van der Waals surface area (Å²) in [4.78, 5) is 13.2. The average molecular weight is 187 g/mol. The van der Waals surface area contributed by atoms with Gasteiger partial charge >= 0.3 is 6.09 Å². The van der Waals surface area contributed by atoms with E-state index in [-0.39, 0.29) is 6.09 Å². The van der Waals surface area contributed by atoms with Gasteiger partial charge in [0.05, 0.1) is 0 Å². The molecule has 1 aliphatic rings. The molecule has 0 unspecified atom stereocenters. The Bertz CT molecular complexity index is 207. The topological polar surface area (TPSA) is 41.6 Å². The molecule has 0 aromatic carbocycles. The Morgan fingerprint density at radius 1 is 1.46 bits per heavy atom. The van der Waals surface area contributed by atoms with Gasteiger partial charge in [-0.05, 0) is 20.8 Å². The smallest absolute Gasteiger partial charge is 0.410 e. The van der Waals surface area contributed by atoms with Crippen molar-refractivity contribution in [3.63, 3.8) is 0 Å². The molecule has 0 radical (unpaired) electrons. The molecule has 0 bridgehead atoms. The third-order valence-corrected chi connectivity index (χ3v) is 1.71. The first-order valence-electron chi connectivity index (χ1n) is 5.05. The fourth-order valence-corrected chi connectivity index (χ4v) is 1.12. The Hall–Kier alpha value is -0.770. The Morgan fingerprint density at radius 2 is 2.00 bits per heavy atom. The highest BCUT2D eigenvalue weighted by molar-refractivity contribution is 5.68. The highest BCUT2D eigenvalue weighted by atomic mass is 16.6. The lowest BCUT2D eigenvalue weighted by atomic mass is 10.2. The van der Waals surface area contributed by atoms with Crippen LogP contribution >= 0.6 is 0 Å². The van der Waals surface area contributed by atoms with Gasteiger partial charge in [-0.25, -0.2) is 4.79 Å². The SMILES string of the molecule is [2H]N1CCN(C(=O)OC(C)(C)C)CC1. The molecule has 13 heavy (non-hydrogen) atoms. The van der Waals surface area contributed by atoms with Crippen LogP contribution in [0.1, 0.15) is 20.8 Å². The zero-order valence-corrected chi connectivity index (χ0v) is 8.54. The van der Waals surface area contributed by atoms with Crippen molar-refractivity contribution in [2.24, 2.45) is 0 Å². The molecule has 4 nitrogen and oxygen atoms in total. The lowest BCUT2D eigenvalue weighted by Gasteiger charge is -2.30. The number of hydrogen-bond donors (Lipinski definition) is 1. The number of carbonyl (C=O) groups is 1. The zero-order chi connectivity index (χ0) is 10.8. The number of amides is 1. The molecule has 1 saturated heterocycles. The van der Waals surface area contributed by atoms with Crippen molar-refractivity contribution in [2.45, 2.75) is 26.4 Å². The largest absolute Gasteiger partial charge is 0.444 e. The predicted molar refractivity (Wildman–Crippen MR) is 50.7 cm³/mol. The third kappa shape index (κ3) is 3.63. The van der Waals surface area contributed by atoms with Crippen LogP contribution in [0.5, 0.6) is 0 Å². The molecule has 1 aliphatic heterocycles. The van der Waals surface area contributed by atoms with Gasteiger partial charge in [0, 0.05) is 26.2 Å². The molecule has 0 aromatic rings. The van der Waals surface area contributed by atoms with Crippen molar-refractivity contribution < 1.29 is 10.9 Å². The second-order valence-electron chi connectivity index (χ2n) is 4.14. The summed E-state index contributed by atoms with van der Waals surface area (Å²) >= 11 is 0. The van der Waals surface area contributed by atoms with Gasteiger partial charge in [0.15, 0.2) is 0 Å². The Kier molecular flexibility index (Phi) is 2.68. The first-order chi connectivity index (χ1) is 6.38. The molecule has 0 aliphatic carbocycles. The van der Waals surface area contributed by atoms with Crippen molar-refractivity contribution in [3.05, 3.63) is 0 Å². The minimum Gasteiger partial charge on any atom is -0.444 e. The van der Waals surface area contributed by atoms with Gasteiger partial charge in [0.2, 0.25) is 0 Å². The summed E-state index contributed by atoms with van der Waals surface area (Å²) in [5.74, 6) is 0. The van der Waals surface area contributed by atoms with E-state index in [1.807, 2.05) is 20.8 Å². The average Bonchev–Trinajstić information content (AvgIpc) is 2.02. The third-order valence-electron chi connectivity index (χ3n) is 1.71. The number of piperazine rings is 1. The van der Waals surface area contributed by atoms with Crippen LogP contribution in [0.15, 0.2) is 0 Å². The molecule has 1 heterocycles. The highest BCUT2D eigenvalue weighted by Crippen LogP contribution is 2.09. The normalized spacial score (nSPS) is 21.2. The maximum Gasteiger partial charge on any atom is 0.410 e. The van der Waals surface area contributed by atoms with Crippen LogP contribution in [0.2, 0.25) is 1.41 Å². The molecule has 0 aromatic heterocycles. The van der Waals surface area contributed by atoms with Crippen molar-refractivity contribution >= 4 is 6.09 Å². The molecule has 1 rings (SSSR count). The number of nitrogens with zero attached hydrogens (tertiary/aromatic N) is 1. The summed E-state index contributed by atoms with van der Waals surface area (Å²) in [6, 6.07) is 0. The van der Waals surface area contributed by atoms with E-state index in [0.29, 0.717) is 26.2 Å². The maximum atomic E-state index is 11.5. The van der Waals surface area contributed by atoms with E-state index in [9.17, 15) is 4.79 Å². The van der Waals surface area contributed by atoms with Crippen LogP contribution in [0.25, 0.3) is 0 Å². The zero-order valence-electron chi connectivity index (χ0n) is 9.54. The first kappa shape index (κ1) is 8.81. The summed E-state index contributed by atoms with van der Waals surface area (Å²) in [5, 5.41) is 1.46. The molecule has 0 saturated carbocycles. The van der Waals surface area contributed by atoms with Crippen LogP contribution in [-0.2, 0) is 4.74 Å². The molecular weight excluding hydrogens is 168 g/mol. The number of rotatable bonds is 0. The van der Waals surface area contributed by atoms with Crippen LogP contribution in [0, 0.1) is 0 Å². The second-order valence-corrected chi connectivity index (χ2v) is 4.14. The van der Waals surface area contributed by atoms with E-state index in [0.717, 1.165) is 0 Å². The lowest BCUT2D eigenvalue weighted by Crippen LogP contribution is -2.48. The Morgan fingerprint density at radius 3 is 2.46 bits per heavy atom. The fourth-order valence-electron chi connectivity index (χ4n) is 1.12. The molecule has 1 N–H and O–H groups in total. The maximum absolute atomic E-state index is 11.5. The van der Waals surface area contributed by atoms with Crippen LogP contribution in [-0.4, -0.2) is 42.8 Å². The van der Waals surface area contributed by atoms with Crippen LogP contribution < -0.4 is 5.31 Å². The standard InChI is InChI=1S/C9H18N2O2/c1-9(2,3)13-8(12)11-6-4-10-5-7-11/h10H,4-7H2,1-3H3/i/hD. The quantitative estimate of drug-likeness (QED) is 0.610. The van der Waals surface area contributed by atoms with E-state index in [4.69, 9.17) is 6.15 Å². The highest BCUT2D eigenvalue weighted by Gasteiger charge is 2.22. The predicted octanol–water partition coefficient (Wildman–Crippen LogP) is 0.827. The molecule has 0 spiro atoms. The van der Waals surface area contributed by atoms with Gasteiger partial charge < -0.3 is 14.9 Å². The molecule has 1 amide bonds. The Balaban J connectivity index is 2.38. The van der Waals surface area contributed by atoms with Gasteiger partial charge in [-0.15, -0.1) is 0 Å². The van der Waals surface area contributed by atoms with E-state index in [1.165, 1.54) is 5.31 Å². The summed E-state index contributed by atoms with van der Waals surface area (Å²) in [5.41, 5.74) is -0.435. The van der Waals surface area contributed by atoms with Gasteiger partial charge in [0.1, 0.15) is 7.01 Å². The number of carbonyl (C=O) groups excluding carboxylic acids is 1. The van der Waals surface area contributed by atoms with Crippen molar-refractivity contribution in [1.82, 2.24) is 10.2 Å². The molecular formula is C9H18N2O2. The van der Waals surface area contributed by atoms with E-state index in [2.05, 4.69) is 0 Å². The second kappa shape index (κ2) is 3.96. The summed E-state index contributed by atoms with van der Waals surface area (Å²) in [6.07, 6.45) is -0.273. The molecule has 0 atom stereocenters. The van der Waals surface area contributed by atoms with Gasteiger partial charge in [-0.1, -0.05) is 0 Å². The fraction of sp³-hybridized carbons (Fsp3) is 0.889. The Labute approximate surface area is 80.7 Å². The van der Waals surface area contributed by atoms with Gasteiger partial charge in [-0.3, -0.25) is 0 Å². The molecule has 76 valence electrons. The summed E-state index contributed by atoms with van der Waals surface area (Å²) in [7, 11) is 0. The number of hydrogen-bond acceptors (Lipinski definition) is 3. The minimum absolute atomic E-state index is 0.273. The lowest BCUT2D eigenvalue weighted by molar-refractivity contribution is 0.0229. The summed E-state index contributed by atoms with van der Waals surface area (Å²) < 4.78 is 12.6. The van der Waals surface area contributed by atoms with E-state index in [1.54, 1.807) is 4.90 Å². The van der Waals surface area contributed by atoms with Gasteiger partial charge in [-0.2, -0.15) is 0 Å². The first-order valence-corrected chi connectivity index (χ1v) is 4.60. The van der Waals surface area contributed by atoms with E-state index >= 15 is 0 Å². The number of ether oxygens (including phenoxy) is 1. The molecule has 1 fully saturated rings. The van der Waals surface area contributed by atoms with Crippen molar-refractivity contribution in [2.75, 3.05) is 26.2 Å². The minimum atomic E-state index is -0.435. The van der Waals surface area contributed by atoms with Gasteiger partial charge in [0.25, 0.3) is 0 Å². The van der Waals surface area contributed by atoms with Crippen molar-refractivity contribution in [3.8, 4) is 0 Å². The molecule has 4 heteroatoms. The number of nitrogens with one attached hydrogen (secondary N) is 1.